The minimum absolute atomic E-state index is 0.0677. The summed E-state index contributed by atoms with van der Waals surface area (Å²) >= 11 is 3.30. The van der Waals surface area contributed by atoms with Crippen LogP contribution in [0.15, 0.2) is 22.7 Å². The third-order valence-electron chi connectivity index (χ3n) is 4.52. The van der Waals surface area contributed by atoms with Crippen molar-refractivity contribution in [3.8, 4) is 0 Å². The van der Waals surface area contributed by atoms with Crippen LogP contribution in [0.1, 0.15) is 37.8 Å². The van der Waals surface area contributed by atoms with Crippen molar-refractivity contribution in [3.05, 3.63) is 34.1 Å². The molecule has 4 heteroatoms. The summed E-state index contributed by atoms with van der Waals surface area (Å²) in [6, 6.07) is 6.25. The highest BCUT2D eigenvalue weighted by atomic mass is 79.9. The average Bonchev–Trinajstić information content (AvgIpc) is 3.15. The summed E-state index contributed by atoms with van der Waals surface area (Å²) in [5.41, 5.74) is 0.755. The lowest BCUT2D eigenvalue weighted by molar-refractivity contribution is 0.309. The van der Waals surface area contributed by atoms with Crippen molar-refractivity contribution in [1.82, 2.24) is 10.2 Å². The van der Waals surface area contributed by atoms with Gasteiger partial charge in [0, 0.05) is 28.7 Å². The summed E-state index contributed by atoms with van der Waals surface area (Å²) in [6.45, 7) is 5.49. The van der Waals surface area contributed by atoms with Crippen molar-refractivity contribution < 1.29 is 4.39 Å². The quantitative estimate of drug-likeness (QED) is 0.878. The Bertz CT molecular complexity index is 476. The molecule has 1 aromatic rings. The van der Waals surface area contributed by atoms with E-state index in [-0.39, 0.29) is 11.9 Å². The summed E-state index contributed by atoms with van der Waals surface area (Å²) in [7, 11) is 0. The zero-order chi connectivity index (χ0) is 14.1. The number of hydrogen-bond acceptors (Lipinski definition) is 2. The van der Waals surface area contributed by atoms with Gasteiger partial charge in [-0.1, -0.05) is 22.0 Å². The summed E-state index contributed by atoms with van der Waals surface area (Å²) in [5, 5.41) is 3.50. The molecule has 2 unspecified atom stereocenters. The van der Waals surface area contributed by atoms with Crippen molar-refractivity contribution in [2.75, 3.05) is 19.6 Å². The van der Waals surface area contributed by atoms with E-state index in [2.05, 4.69) is 26.1 Å². The van der Waals surface area contributed by atoms with E-state index in [1.807, 2.05) is 19.1 Å². The minimum atomic E-state index is -0.134. The lowest BCUT2D eigenvalue weighted by Crippen LogP contribution is -2.29. The predicted molar refractivity (Wildman–Crippen MR) is 83.2 cm³/mol. The maximum atomic E-state index is 13.9. The molecule has 20 heavy (non-hydrogen) atoms. The second kappa shape index (κ2) is 6.12. The Labute approximate surface area is 128 Å². The average molecular weight is 341 g/mol. The smallest absolute Gasteiger partial charge is 0.129 e. The molecule has 3 rings (SSSR count). The lowest BCUT2D eigenvalue weighted by atomic mass is 10.1. The van der Waals surface area contributed by atoms with E-state index in [1.54, 1.807) is 0 Å². The van der Waals surface area contributed by atoms with Gasteiger partial charge in [0.1, 0.15) is 5.82 Å². The number of hydrogen-bond donors (Lipinski definition) is 1. The highest BCUT2D eigenvalue weighted by molar-refractivity contribution is 9.10. The summed E-state index contributed by atoms with van der Waals surface area (Å²) < 4.78 is 14.7. The van der Waals surface area contributed by atoms with E-state index in [9.17, 15) is 4.39 Å². The fourth-order valence-corrected chi connectivity index (χ4v) is 3.44. The van der Waals surface area contributed by atoms with Crippen LogP contribution in [-0.4, -0.2) is 30.6 Å². The van der Waals surface area contributed by atoms with Gasteiger partial charge in [-0.05, 0) is 57.3 Å². The Morgan fingerprint density at radius 2 is 2.20 bits per heavy atom. The lowest BCUT2D eigenvalue weighted by Gasteiger charge is -2.19. The van der Waals surface area contributed by atoms with Crippen LogP contribution in [0, 0.1) is 11.7 Å². The molecule has 2 atom stereocenters. The number of likely N-dealkylation sites (tertiary alicyclic amines) is 1. The molecule has 0 amide bonds. The number of nitrogens with zero attached hydrogens (tertiary/aromatic N) is 1. The molecule has 1 saturated heterocycles. The van der Waals surface area contributed by atoms with Crippen LogP contribution in [0.25, 0.3) is 0 Å². The van der Waals surface area contributed by atoms with Crippen molar-refractivity contribution >= 4 is 15.9 Å². The molecular formula is C16H22BrFN2. The summed E-state index contributed by atoms with van der Waals surface area (Å²) in [4.78, 5) is 2.62. The predicted octanol–water partition coefficient (Wildman–Crippen LogP) is 3.72. The highest BCUT2D eigenvalue weighted by Gasteiger charge is 2.34. The molecule has 0 aromatic heterocycles. The topological polar surface area (TPSA) is 15.3 Å². The van der Waals surface area contributed by atoms with Gasteiger partial charge < -0.3 is 10.2 Å². The molecular weight excluding hydrogens is 319 g/mol. The molecule has 110 valence electrons. The van der Waals surface area contributed by atoms with Crippen LogP contribution in [0.2, 0.25) is 0 Å². The molecule has 1 aliphatic carbocycles. The molecule has 1 heterocycles. The number of rotatable bonds is 5. The van der Waals surface area contributed by atoms with Crippen LogP contribution < -0.4 is 5.32 Å². The van der Waals surface area contributed by atoms with Crippen LogP contribution in [0.5, 0.6) is 0 Å². The Balaban J connectivity index is 1.50. The van der Waals surface area contributed by atoms with Gasteiger partial charge in [0.25, 0.3) is 0 Å². The monoisotopic (exact) mass is 340 g/mol. The van der Waals surface area contributed by atoms with Crippen LogP contribution in [0.3, 0.4) is 0 Å². The van der Waals surface area contributed by atoms with Gasteiger partial charge in [-0.25, -0.2) is 4.39 Å². The zero-order valence-electron chi connectivity index (χ0n) is 11.9. The van der Waals surface area contributed by atoms with Crippen LogP contribution >= 0.6 is 15.9 Å². The third-order valence-corrected chi connectivity index (χ3v) is 5.02. The Morgan fingerprint density at radius 1 is 1.40 bits per heavy atom. The van der Waals surface area contributed by atoms with E-state index in [0.717, 1.165) is 28.5 Å². The van der Waals surface area contributed by atoms with Crippen molar-refractivity contribution in [2.45, 2.75) is 38.3 Å². The van der Waals surface area contributed by atoms with E-state index >= 15 is 0 Å². The molecule has 1 saturated carbocycles. The molecule has 0 bridgehead atoms. The Kier molecular flexibility index (Phi) is 4.43. The second-order valence-corrected chi connectivity index (χ2v) is 7.09. The first kappa shape index (κ1) is 14.5. The van der Waals surface area contributed by atoms with Gasteiger partial charge in [0.15, 0.2) is 0 Å². The molecule has 0 radical (unpaired) electrons. The number of benzene rings is 1. The fraction of sp³-hybridized carbons (Fsp3) is 0.625. The summed E-state index contributed by atoms with van der Waals surface area (Å²) in [5.74, 6) is 0.585. The number of halogens is 2. The molecule has 0 spiro atoms. The summed E-state index contributed by atoms with van der Waals surface area (Å²) in [6.07, 6.45) is 4.06. The maximum absolute atomic E-state index is 13.9. The molecule has 1 N–H and O–H groups in total. The van der Waals surface area contributed by atoms with Crippen molar-refractivity contribution in [2.24, 2.45) is 5.92 Å². The molecule has 1 aromatic carbocycles. The van der Waals surface area contributed by atoms with Gasteiger partial charge in [-0.15, -0.1) is 0 Å². The van der Waals surface area contributed by atoms with E-state index in [4.69, 9.17) is 0 Å². The largest absolute Gasteiger partial charge is 0.310 e. The Morgan fingerprint density at radius 3 is 2.90 bits per heavy atom. The number of nitrogens with one attached hydrogen (secondary N) is 1. The van der Waals surface area contributed by atoms with Crippen LogP contribution in [-0.2, 0) is 0 Å². The Hall–Kier alpha value is -0.450. The zero-order valence-corrected chi connectivity index (χ0v) is 13.5. The standard InChI is InChI=1S/C16H22BrFN2/c1-11(15-5-2-13(17)8-16(15)18)19-9-12-6-7-20(10-12)14-3-4-14/h2,5,8,11-12,14,19H,3-4,6-7,9-10H2,1H3. The van der Waals surface area contributed by atoms with Gasteiger partial charge in [0.05, 0.1) is 0 Å². The first-order valence-electron chi connectivity index (χ1n) is 7.56. The van der Waals surface area contributed by atoms with Crippen LogP contribution in [0.4, 0.5) is 4.39 Å². The van der Waals surface area contributed by atoms with Gasteiger partial charge >= 0.3 is 0 Å². The minimum Gasteiger partial charge on any atom is -0.310 e. The van der Waals surface area contributed by atoms with Gasteiger partial charge in [-0.3, -0.25) is 0 Å². The van der Waals surface area contributed by atoms with E-state index in [0.29, 0.717) is 0 Å². The van der Waals surface area contributed by atoms with E-state index < -0.39 is 0 Å². The molecule has 2 aliphatic rings. The first-order chi connectivity index (χ1) is 9.63. The van der Waals surface area contributed by atoms with Gasteiger partial charge in [0.2, 0.25) is 0 Å². The van der Waals surface area contributed by atoms with Crippen molar-refractivity contribution in [3.63, 3.8) is 0 Å². The second-order valence-electron chi connectivity index (χ2n) is 6.18. The fourth-order valence-electron chi connectivity index (χ4n) is 3.11. The SMILES string of the molecule is CC(NCC1CCN(C2CC2)C1)c1ccc(Br)cc1F. The highest BCUT2D eigenvalue weighted by Crippen LogP contribution is 2.31. The molecule has 2 fully saturated rings. The molecule has 2 nitrogen and oxygen atoms in total. The first-order valence-corrected chi connectivity index (χ1v) is 8.35. The van der Waals surface area contributed by atoms with E-state index in [1.165, 1.54) is 38.4 Å². The third kappa shape index (κ3) is 3.41. The maximum Gasteiger partial charge on any atom is 0.129 e. The molecule has 1 aliphatic heterocycles. The normalized spacial score (nSPS) is 25.1. The van der Waals surface area contributed by atoms with Crippen molar-refractivity contribution in [1.29, 1.82) is 0 Å². The van der Waals surface area contributed by atoms with Gasteiger partial charge in [-0.2, -0.15) is 0 Å².